The summed E-state index contributed by atoms with van der Waals surface area (Å²) in [5, 5.41) is 10.9. The molecule has 7 nitrogen and oxygen atoms in total. The number of sulfonamides is 1. The van der Waals surface area contributed by atoms with Gasteiger partial charge in [0, 0.05) is 12.1 Å². The Hall–Kier alpha value is -2.61. The summed E-state index contributed by atoms with van der Waals surface area (Å²) in [6, 6.07) is 8.65. The molecule has 1 N–H and O–H groups in total. The maximum atomic E-state index is 12.6. The van der Waals surface area contributed by atoms with E-state index >= 15 is 0 Å². The predicted octanol–water partition coefficient (Wildman–Crippen LogP) is 3.02. The molecule has 2 aromatic carbocycles. The third-order valence-electron chi connectivity index (χ3n) is 3.50. The van der Waals surface area contributed by atoms with Gasteiger partial charge in [-0.25, -0.2) is 8.42 Å². The summed E-state index contributed by atoms with van der Waals surface area (Å²) in [4.78, 5) is 9.95. The van der Waals surface area contributed by atoms with Gasteiger partial charge in [0.25, 0.3) is 15.7 Å². The lowest BCUT2D eigenvalue weighted by Gasteiger charge is -2.14. The Bertz CT molecular complexity index is 862. The normalized spacial score (nSPS) is 11.1. The van der Waals surface area contributed by atoms with E-state index in [1.807, 2.05) is 13.0 Å². The number of benzene rings is 2. The molecule has 0 atom stereocenters. The van der Waals surface area contributed by atoms with Crippen LogP contribution in [0, 0.1) is 24.0 Å². The molecular formula is C15H16N2O5S. The largest absolute Gasteiger partial charge is 0.495 e. The minimum absolute atomic E-state index is 0.0356. The Morgan fingerprint density at radius 1 is 1.17 bits per heavy atom. The number of rotatable bonds is 5. The highest BCUT2D eigenvalue weighted by atomic mass is 32.2. The molecule has 0 radical (unpaired) electrons. The summed E-state index contributed by atoms with van der Waals surface area (Å²) < 4.78 is 32.7. The molecule has 0 aromatic heterocycles. The number of aryl methyl sites for hydroxylation is 1. The molecule has 2 aromatic rings. The molecule has 122 valence electrons. The van der Waals surface area contributed by atoms with E-state index < -0.39 is 14.9 Å². The minimum Gasteiger partial charge on any atom is -0.495 e. The Balaban J connectivity index is 2.53. The highest BCUT2D eigenvalue weighted by molar-refractivity contribution is 7.92. The van der Waals surface area contributed by atoms with Crippen molar-refractivity contribution in [1.82, 2.24) is 0 Å². The van der Waals surface area contributed by atoms with Gasteiger partial charge in [-0.05, 0) is 37.1 Å². The van der Waals surface area contributed by atoms with Crippen molar-refractivity contribution in [2.24, 2.45) is 0 Å². The lowest BCUT2D eigenvalue weighted by molar-refractivity contribution is -0.385. The number of nitrogens with one attached hydrogen (secondary N) is 1. The first-order valence-electron chi connectivity index (χ1n) is 6.67. The third kappa shape index (κ3) is 3.42. The quantitative estimate of drug-likeness (QED) is 0.668. The fourth-order valence-electron chi connectivity index (χ4n) is 2.05. The molecule has 0 aliphatic heterocycles. The molecule has 0 heterocycles. The second-order valence-electron chi connectivity index (χ2n) is 4.95. The molecule has 0 aliphatic rings. The fraction of sp³-hybridized carbons (Fsp3) is 0.200. The first-order valence-corrected chi connectivity index (χ1v) is 8.16. The molecule has 0 spiro atoms. The van der Waals surface area contributed by atoms with E-state index in [9.17, 15) is 18.5 Å². The number of hydrogen-bond donors (Lipinski definition) is 1. The van der Waals surface area contributed by atoms with E-state index in [2.05, 4.69) is 4.72 Å². The number of hydrogen-bond acceptors (Lipinski definition) is 5. The summed E-state index contributed by atoms with van der Waals surface area (Å²) in [5.74, 6) is 0.0356. The molecular weight excluding hydrogens is 320 g/mol. The van der Waals surface area contributed by atoms with Crippen molar-refractivity contribution in [3.05, 3.63) is 57.6 Å². The van der Waals surface area contributed by atoms with Gasteiger partial charge in [-0.15, -0.1) is 0 Å². The molecule has 0 saturated carbocycles. The maximum Gasteiger partial charge on any atom is 0.271 e. The number of non-ortho nitro benzene ring substituents is 1. The Labute approximate surface area is 134 Å². The van der Waals surface area contributed by atoms with Crippen LogP contribution >= 0.6 is 0 Å². The van der Waals surface area contributed by atoms with Gasteiger partial charge in [-0.1, -0.05) is 12.1 Å². The van der Waals surface area contributed by atoms with Gasteiger partial charge in [-0.3, -0.25) is 14.8 Å². The monoisotopic (exact) mass is 336 g/mol. The van der Waals surface area contributed by atoms with Crippen molar-refractivity contribution in [3.8, 4) is 5.75 Å². The highest BCUT2D eigenvalue weighted by Gasteiger charge is 2.23. The van der Waals surface area contributed by atoms with Gasteiger partial charge >= 0.3 is 0 Å². The molecule has 23 heavy (non-hydrogen) atoms. The van der Waals surface area contributed by atoms with Crippen LogP contribution in [0.15, 0.2) is 41.3 Å². The van der Waals surface area contributed by atoms with Gasteiger partial charge in [-0.2, -0.15) is 0 Å². The second kappa shape index (κ2) is 6.25. The van der Waals surface area contributed by atoms with Crippen LogP contribution < -0.4 is 9.46 Å². The highest BCUT2D eigenvalue weighted by Crippen LogP contribution is 2.30. The average molecular weight is 336 g/mol. The van der Waals surface area contributed by atoms with Crippen LogP contribution in [0.4, 0.5) is 11.4 Å². The molecule has 2 rings (SSSR count). The van der Waals surface area contributed by atoms with Gasteiger partial charge < -0.3 is 4.74 Å². The van der Waals surface area contributed by atoms with Crippen molar-refractivity contribution in [2.45, 2.75) is 18.7 Å². The van der Waals surface area contributed by atoms with Crippen molar-refractivity contribution >= 4 is 21.4 Å². The third-order valence-corrected chi connectivity index (χ3v) is 4.88. The van der Waals surface area contributed by atoms with Crippen LogP contribution in [0.5, 0.6) is 5.75 Å². The molecule has 0 saturated heterocycles. The number of methoxy groups -OCH3 is 1. The summed E-state index contributed by atoms with van der Waals surface area (Å²) in [7, 11) is -2.73. The summed E-state index contributed by atoms with van der Waals surface area (Å²) >= 11 is 0. The zero-order chi connectivity index (χ0) is 17.2. The van der Waals surface area contributed by atoms with Crippen LogP contribution in [0.25, 0.3) is 0 Å². The maximum absolute atomic E-state index is 12.6. The van der Waals surface area contributed by atoms with Gasteiger partial charge in [0.05, 0.1) is 17.7 Å². The van der Waals surface area contributed by atoms with Gasteiger partial charge in [0.1, 0.15) is 10.6 Å². The number of nitro groups is 1. The van der Waals surface area contributed by atoms with E-state index in [0.29, 0.717) is 5.69 Å². The predicted molar refractivity (Wildman–Crippen MR) is 86.4 cm³/mol. The van der Waals surface area contributed by atoms with E-state index in [-0.39, 0.29) is 16.3 Å². The molecule has 0 amide bonds. The lowest BCUT2D eigenvalue weighted by atomic mass is 10.1. The molecule has 0 aliphatic carbocycles. The Kier molecular flexibility index (Phi) is 4.55. The Morgan fingerprint density at radius 2 is 1.87 bits per heavy atom. The standard InChI is InChI=1S/C15H16N2O5S/c1-10-5-4-6-13(11(10)2)16-23(20,21)15-9-12(17(18)19)7-8-14(15)22-3/h4-9,16H,1-3H3. The molecule has 0 bridgehead atoms. The fourth-order valence-corrected chi connectivity index (χ4v) is 3.36. The number of nitro benzene ring substituents is 1. The van der Waals surface area contributed by atoms with Crippen LogP contribution in [0.3, 0.4) is 0 Å². The van der Waals surface area contributed by atoms with Crippen molar-refractivity contribution in [1.29, 1.82) is 0 Å². The smallest absolute Gasteiger partial charge is 0.271 e. The minimum atomic E-state index is -4.03. The molecule has 0 unspecified atom stereocenters. The zero-order valence-corrected chi connectivity index (χ0v) is 13.7. The van der Waals surface area contributed by atoms with E-state index in [0.717, 1.165) is 17.2 Å². The van der Waals surface area contributed by atoms with E-state index in [1.54, 1.807) is 19.1 Å². The van der Waals surface area contributed by atoms with Crippen molar-refractivity contribution in [2.75, 3.05) is 11.8 Å². The first kappa shape index (κ1) is 16.8. The summed E-state index contributed by atoms with van der Waals surface area (Å²) in [5.41, 5.74) is 1.79. The molecule has 0 fully saturated rings. The summed E-state index contributed by atoms with van der Waals surface area (Å²) in [6.07, 6.45) is 0. The van der Waals surface area contributed by atoms with E-state index in [4.69, 9.17) is 4.74 Å². The van der Waals surface area contributed by atoms with Crippen LogP contribution in [-0.4, -0.2) is 20.5 Å². The zero-order valence-electron chi connectivity index (χ0n) is 12.9. The number of nitrogens with zero attached hydrogens (tertiary/aromatic N) is 1. The first-order chi connectivity index (χ1) is 10.8. The van der Waals surface area contributed by atoms with Gasteiger partial charge in [0.2, 0.25) is 0 Å². The van der Waals surface area contributed by atoms with Crippen molar-refractivity contribution < 1.29 is 18.1 Å². The number of anilines is 1. The SMILES string of the molecule is COc1ccc([N+](=O)[O-])cc1S(=O)(=O)Nc1cccc(C)c1C. The Morgan fingerprint density at radius 3 is 2.48 bits per heavy atom. The topological polar surface area (TPSA) is 98.5 Å². The number of ether oxygens (including phenoxy) is 1. The summed E-state index contributed by atoms with van der Waals surface area (Å²) in [6.45, 7) is 3.65. The van der Waals surface area contributed by atoms with Crippen LogP contribution in [0.1, 0.15) is 11.1 Å². The molecule has 8 heteroatoms. The lowest BCUT2D eigenvalue weighted by Crippen LogP contribution is -2.15. The van der Waals surface area contributed by atoms with Crippen molar-refractivity contribution in [3.63, 3.8) is 0 Å². The second-order valence-corrected chi connectivity index (χ2v) is 6.60. The van der Waals surface area contributed by atoms with Gasteiger partial charge in [0.15, 0.2) is 0 Å². The van der Waals surface area contributed by atoms with Crippen LogP contribution in [0.2, 0.25) is 0 Å². The average Bonchev–Trinajstić information content (AvgIpc) is 2.51. The van der Waals surface area contributed by atoms with E-state index in [1.165, 1.54) is 19.2 Å². The van der Waals surface area contributed by atoms with Crippen LogP contribution in [-0.2, 0) is 10.0 Å².